The van der Waals surface area contributed by atoms with Crippen molar-refractivity contribution in [3.8, 4) is 0 Å². The Labute approximate surface area is 116 Å². The first-order valence-electron chi connectivity index (χ1n) is 7.25. The van der Waals surface area contributed by atoms with E-state index < -0.39 is 0 Å². The van der Waals surface area contributed by atoms with Crippen molar-refractivity contribution in [2.75, 3.05) is 33.5 Å². The molecule has 1 fully saturated rings. The molecule has 1 amide bonds. The van der Waals surface area contributed by atoms with Gasteiger partial charge in [0.1, 0.15) is 0 Å². The highest BCUT2D eigenvalue weighted by Gasteiger charge is 2.29. The SMILES string of the molecule is COCCOCCCNC(=O)C1CCC(N)C(C)C1. The van der Waals surface area contributed by atoms with Crippen molar-refractivity contribution >= 4 is 5.91 Å². The molecule has 1 aliphatic carbocycles. The summed E-state index contributed by atoms with van der Waals surface area (Å²) in [5.41, 5.74) is 5.96. The average molecular weight is 272 g/mol. The van der Waals surface area contributed by atoms with E-state index in [9.17, 15) is 4.79 Å². The predicted octanol–water partition coefficient (Wildman–Crippen LogP) is 0.919. The predicted molar refractivity (Wildman–Crippen MR) is 74.8 cm³/mol. The molecule has 0 aromatic carbocycles. The number of hydrogen-bond acceptors (Lipinski definition) is 4. The maximum Gasteiger partial charge on any atom is 0.223 e. The number of amides is 1. The zero-order valence-electron chi connectivity index (χ0n) is 12.2. The molecule has 0 radical (unpaired) electrons. The van der Waals surface area contributed by atoms with Crippen LogP contribution in [0.5, 0.6) is 0 Å². The summed E-state index contributed by atoms with van der Waals surface area (Å²) in [4.78, 5) is 12.0. The third-order valence-corrected chi connectivity index (χ3v) is 3.80. The van der Waals surface area contributed by atoms with E-state index in [1.54, 1.807) is 7.11 Å². The van der Waals surface area contributed by atoms with E-state index in [2.05, 4.69) is 12.2 Å². The van der Waals surface area contributed by atoms with E-state index in [-0.39, 0.29) is 17.9 Å². The highest BCUT2D eigenvalue weighted by Crippen LogP contribution is 2.27. The van der Waals surface area contributed by atoms with Crippen molar-refractivity contribution in [2.45, 2.75) is 38.6 Å². The third kappa shape index (κ3) is 6.36. The van der Waals surface area contributed by atoms with Gasteiger partial charge in [-0.3, -0.25) is 4.79 Å². The molecule has 3 atom stereocenters. The number of ether oxygens (including phenoxy) is 2. The minimum atomic E-state index is 0.143. The van der Waals surface area contributed by atoms with Gasteiger partial charge in [-0.15, -0.1) is 0 Å². The van der Waals surface area contributed by atoms with Crippen LogP contribution in [0.15, 0.2) is 0 Å². The third-order valence-electron chi connectivity index (χ3n) is 3.80. The van der Waals surface area contributed by atoms with E-state index in [0.717, 1.165) is 25.7 Å². The molecule has 0 aliphatic heterocycles. The molecule has 0 aromatic heterocycles. The quantitative estimate of drug-likeness (QED) is 0.644. The van der Waals surface area contributed by atoms with Crippen molar-refractivity contribution in [1.29, 1.82) is 0 Å². The Morgan fingerprint density at radius 3 is 2.79 bits per heavy atom. The molecule has 0 saturated heterocycles. The summed E-state index contributed by atoms with van der Waals surface area (Å²) >= 11 is 0. The summed E-state index contributed by atoms with van der Waals surface area (Å²) in [7, 11) is 1.65. The summed E-state index contributed by atoms with van der Waals surface area (Å²) < 4.78 is 10.2. The summed E-state index contributed by atoms with van der Waals surface area (Å²) in [5, 5.41) is 2.99. The molecule has 5 nitrogen and oxygen atoms in total. The Morgan fingerprint density at radius 1 is 1.32 bits per heavy atom. The maximum absolute atomic E-state index is 12.0. The molecule has 0 bridgehead atoms. The van der Waals surface area contributed by atoms with Gasteiger partial charge in [0.15, 0.2) is 0 Å². The zero-order valence-corrected chi connectivity index (χ0v) is 12.2. The summed E-state index contributed by atoms with van der Waals surface area (Å²) in [6, 6.07) is 0.262. The van der Waals surface area contributed by atoms with Gasteiger partial charge in [-0.25, -0.2) is 0 Å². The molecule has 3 N–H and O–H groups in total. The molecular formula is C14H28N2O3. The van der Waals surface area contributed by atoms with Crippen LogP contribution < -0.4 is 11.1 Å². The highest BCUT2D eigenvalue weighted by atomic mass is 16.5. The van der Waals surface area contributed by atoms with Gasteiger partial charge in [0.25, 0.3) is 0 Å². The molecule has 112 valence electrons. The lowest BCUT2D eigenvalue weighted by Gasteiger charge is -2.31. The first-order chi connectivity index (χ1) is 9.15. The molecule has 5 heteroatoms. The minimum absolute atomic E-state index is 0.143. The second-order valence-corrected chi connectivity index (χ2v) is 5.40. The number of hydrogen-bond donors (Lipinski definition) is 2. The molecule has 1 rings (SSSR count). The second-order valence-electron chi connectivity index (χ2n) is 5.40. The fourth-order valence-electron chi connectivity index (χ4n) is 2.43. The zero-order chi connectivity index (χ0) is 14.1. The smallest absolute Gasteiger partial charge is 0.223 e. The summed E-state index contributed by atoms with van der Waals surface area (Å²) in [6.07, 6.45) is 3.63. The summed E-state index contributed by atoms with van der Waals surface area (Å²) in [6.45, 7) is 4.71. The van der Waals surface area contributed by atoms with Crippen molar-refractivity contribution in [3.63, 3.8) is 0 Å². The molecule has 0 heterocycles. The van der Waals surface area contributed by atoms with E-state index in [1.165, 1.54) is 0 Å². The Kier molecular flexibility index (Phi) is 8.02. The van der Waals surface area contributed by atoms with E-state index in [0.29, 0.717) is 32.3 Å². The van der Waals surface area contributed by atoms with Crippen LogP contribution in [0.25, 0.3) is 0 Å². The van der Waals surface area contributed by atoms with E-state index in [1.807, 2.05) is 0 Å². The average Bonchev–Trinajstić information content (AvgIpc) is 2.40. The Morgan fingerprint density at radius 2 is 2.11 bits per heavy atom. The largest absolute Gasteiger partial charge is 0.382 e. The number of nitrogens with two attached hydrogens (primary N) is 1. The monoisotopic (exact) mass is 272 g/mol. The van der Waals surface area contributed by atoms with Crippen LogP contribution in [0.3, 0.4) is 0 Å². The topological polar surface area (TPSA) is 73.6 Å². The van der Waals surface area contributed by atoms with Gasteiger partial charge in [-0.1, -0.05) is 6.92 Å². The number of methoxy groups -OCH3 is 1. The molecule has 3 unspecified atom stereocenters. The van der Waals surface area contributed by atoms with Crippen molar-refractivity contribution in [1.82, 2.24) is 5.32 Å². The fourth-order valence-corrected chi connectivity index (χ4v) is 2.43. The van der Waals surface area contributed by atoms with Crippen LogP contribution in [0.1, 0.15) is 32.6 Å². The van der Waals surface area contributed by atoms with Crippen LogP contribution in [-0.4, -0.2) is 45.4 Å². The van der Waals surface area contributed by atoms with E-state index in [4.69, 9.17) is 15.2 Å². The normalized spacial score (nSPS) is 27.2. The van der Waals surface area contributed by atoms with Gasteiger partial charge in [0.05, 0.1) is 13.2 Å². The molecule has 0 spiro atoms. The number of rotatable bonds is 8. The Balaban J connectivity index is 2.04. The molecule has 1 aliphatic rings. The van der Waals surface area contributed by atoms with Gasteiger partial charge in [-0.05, 0) is 31.6 Å². The van der Waals surface area contributed by atoms with Gasteiger partial charge >= 0.3 is 0 Å². The molecular weight excluding hydrogens is 244 g/mol. The lowest BCUT2D eigenvalue weighted by molar-refractivity contribution is -0.126. The van der Waals surface area contributed by atoms with Crippen molar-refractivity contribution < 1.29 is 14.3 Å². The lowest BCUT2D eigenvalue weighted by Crippen LogP contribution is -2.40. The fraction of sp³-hybridized carbons (Fsp3) is 0.929. The van der Waals surface area contributed by atoms with E-state index >= 15 is 0 Å². The van der Waals surface area contributed by atoms with Crippen LogP contribution in [0, 0.1) is 11.8 Å². The van der Waals surface area contributed by atoms with Crippen molar-refractivity contribution in [2.24, 2.45) is 17.6 Å². The van der Waals surface area contributed by atoms with Gasteiger partial charge in [0.2, 0.25) is 5.91 Å². The number of carbonyl (C=O) groups excluding carboxylic acids is 1. The van der Waals surface area contributed by atoms with Crippen LogP contribution in [0.4, 0.5) is 0 Å². The maximum atomic E-state index is 12.0. The standard InChI is InChI=1S/C14H28N2O3/c1-11-10-12(4-5-13(11)15)14(17)16-6-3-7-19-9-8-18-2/h11-13H,3-10,15H2,1-2H3,(H,16,17). The molecule has 1 saturated carbocycles. The highest BCUT2D eigenvalue weighted by molar-refractivity contribution is 5.78. The molecule has 0 aromatic rings. The number of carbonyl (C=O) groups is 1. The first kappa shape index (κ1) is 16.4. The minimum Gasteiger partial charge on any atom is -0.382 e. The van der Waals surface area contributed by atoms with Crippen LogP contribution in [0.2, 0.25) is 0 Å². The van der Waals surface area contributed by atoms with Crippen LogP contribution >= 0.6 is 0 Å². The Hall–Kier alpha value is -0.650. The molecule has 19 heavy (non-hydrogen) atoms. The number of nitrogens with one attached hydrogen (secondary N) is 1. The van der Waals surface area contributed by atoms with Gasteiger partial charge in [-0.2, -0.15) is 0 Å². The van der Waals surface area contributed by atoms with Gasteiger partial charge < -0.3 is 20.5 Å². The second kappa shape index (κ2) is 9.28. The van der Waals surface area contributed by atoms with Crippen LogP contribution in [-0.2, 0) is 14.3 Å². The van der Waals surface area contributed by atoms with Crippen molar-refractivity contribution in [3.05, 3.63) is 0 Å². The van der Waals surface area contributed by atoms with Gasteiger partial charge in [0, 0.05) is 32.2 Å². The lowest BCUT2D eigenvalue weighted by atomic mass is 9.79. The first-order valence-corrected chi connectivity index (χ1v) is 7.25. The summed E-state index contributed by atoms with van der Waals surface area (Å²) in [5.74, 6) is 0.765. The Bertz CT molecular complexity index is 261.